The van der Waals surface area contributed by atoms with Crippen LogP contribution in [0.2, 0.25) is 0 Å². The summed E-state index contributed by atoms with van der Waals surface area (Å²) in [7, 11) is 0. The first-order chi connectivity index (χ1) is 25.2. The van der Waals surface area contributed by atoms with Crippen molar-refractivity contribution in [2.45, 2.75) is 0 Å². The van der Waals surface area contributed by atoms with Crippen molar-refractivity contribution in [1.29, 1.82) is 0 Å². The van der Waals surface area contributed by atoms with Crippen molar-refractivity contribution in [2.75, 3.05) is 0 Å². The van der Waals surface area contributed by atoms with Gasteiger partial charge in [0.25, 0.3) is 0 Å². The lowest BCUT2D eigenvalue weighted by atomic mass is 9.97. The lowest BCUT2D eigenvalue weighted by molar-refractivity contribution is 1.10. The average molecular weight is 650 g/mol. The Morgan fingerprint density at radius 3 is 1.43 bits per heavy atom. The van der Waals surface area contributed by atoms with Crippen LogP contribution in [0.1, 0.15) is 0 Å². The third-order valence-corrected chi connectivity index (χ3v) is 9.94. The molecule has 0 atom stereocenters. The van der Waals surface area contributed by atoms with Crippen LogP contribution in [0, 0.1) is 0 Å². The van der Waals surface area contributed by atoms with Crippen molar-refractivity contribution < 1.29 is 0 Å². The monoisotopic (exact) mass is 649 g/mol. The van der Waals surface area contributed by atoms with Crippen LogP contribution >= 0.6 is 0 Å². The van der Waals surface area contributed by atoms with E-state index in [1.807, 2.05) is 6.07 Å². The Hall–Kier alpha value is -6.84. The third kappa shape index (κ3) is 5.24. The number of para-hydroxylation sites is 2. The zero-order valence-corrected chi connectivity index (χ0v) is 27.7. The number of pyridine rings is 1. The normalized spacial score (nSPS) is 11.5. The number of aromatic nitrogens is 3. The van der Waals surface area contributed by atoms with Crippen molar-refractivity contribution in [1.82, 2.24) is 14.5 Å². The zero-order chi connectivity index (χ0) is 33.7. The molecule has 0 aliphatic rings. The van der Waals surface area contributed by atoms with Gasteiger partial charge in [-0.05, 0) is 98.0 Å². The fourth-order valence-electron chi connectivity index (χ4n) is 7.30. The van der Waals surface area contributed by atoms with E-state index in [-0.39, 0.29) is 0 Å². The van der Waals surface area contributed by atoms with Crippen LogP contribution in [0.5, 0.6) is 0 Å². The Balaban J connectivity index is 1.11. The number of nitrogens with zero attached hydrogens (tertiary/aromatic N) is 3. The maximum absolute atomic E-state index is 5.29. The fourth-order valence-corrected chi connectivity index (χ4v) is 7.30. The van der Waals surface area contributed by atoms with E-state index >= 15 is 0 Å². The van der Waals surface area contributed by atoms with Gasteiger partial charge in [0.05, 0.1) is 22.4 Å². The number of fused-ring (bicyclic) bond motifs is 4. The SMILES string of the molecule is c1ccc2cc(-c3cc(-c4ccc(-n5c(-c6ccc7ccccc7c6)nc6ccccc65)cc4)nc(-c4ccc5ccccc5c4)c3)ccc2c1. The summed E-state index contributed by atoms with van der Waals surface area (Å²) in [6.07, 6.45) is 0. The van der Waals surface area contributed by atoms with Crippen molar-refractivity contribution in [3.8, 4) is 50.7 Å². The van der Waals surface area contributed by atoms with Crippen LogP contribution in [0.25, 0.3) is 94.1 Å². The van der Waals surface area contributed by atoms with Gasteiger partial charge < -0.3 is 0 Å². The van der Waals surface area contributed by atoms with Gasteiger partial charge in [0, 0.05) is 22.4 Å². The average Bonchev–Trinajstić information content (AvgIpc) is 3.60. The number of hydrogen-bond acceptors (Lipinski definition) is 2. The Labute approximate surface area is 295 Å². The predicted molar refractivity (Wildman–Crippen MR) is 213 cm³/mol. The van der Waals surface area contributed by atoms with Gasteiger partial charge in [-0.1, -0.05) is 133 Å². The smallest absolute Gasteiger partial charge is 0.145 e. The topological polar surface area (TPSA) is 30.7 Å². The maximum atomic E-state index is 5.29. The molecule has 10 aromatic rings. The molecule has 0 N–H and O–H groups in total. The fraction of sp³-hybridized carbons (Fsp3) is 0. The molecule has 10 rings (SSSR count). The lowest BCUT2D eigenvalue weighted by Crippen LogP contribution is -1.98. The highest BCUT2D eigenvalue weighted by Crippen LogP contribution is 2.35. The maximum Gasteiger partial charge on any atom is 0.145 e. The van der Waals surface area contributed by atoms with Crippen LogP contribution in [-0.2, 0) is 0 Å². The molecule has 0 radical (unpaired) electrons. The summed E-state index contributed by atoms with van der Waals surface area (Å²) < 4.78 is 2.27. The minimum Gasteiger partial charge on any atom is -0.292 e. The van der Waals surface area contributed by atoms with E-state index < -0.39 is 0 Å². The van der Waals surface area contributed by atoms with Gasteiger partial charge in [0.2, 0.25) is 0 Å². The highest BCUT2D eigenvalue weighted by molar-refractivity contribution is 5.92. The molecule has 0 fully saturated rings. The Morgan fingerprint density at radius 1 is 0.314 bits per heavy atom. The first-order valence-corrected chi connectivity index (χ1v) is 17.3. The van der Waals surface area contributed by atoms with Gasteiger partial charge in [-0.25, -0.2) is 9.97 Å². The standard InChI is InChI=1S/C48H31N3/c1-4-12-36-27-39(20-17-32(36)9-1)42-30-45(49-46(31-42)40-21-18-33-10-2-5-13-37(33)28-40)35-23-25-43(26-24-35)51-47-16-8-7-15-44(47)50-48(51)41-22-19-34-11-3-6-14-38(34)29-41/h1-31H. The molecule has 2 heterocycles. The number of imidazole rings is 1. The summed E-state index contributed by atoms with van der Waals surface area (Å²) in [5.41, 5.74) is 10.5. The molecule has 0 aliphatic heterocycles. The van der Waals surface area contributed by atoms with E-state index in [2.05, 4.69) is 187 Å². The predicted octanol–water partition coefficient (Wildman–Crippen LogP) is 12.5. The first kappa shape index (κ1) is 29.1. The summed E-state index contributed by atoms with van der Waals surface area (Å²) in [4.78, 5) is 10.4. The van der Waals surface area contributed by atoms with Crippen molar-refractivity contribution in [2.24, 2.45) is 0 Å². The zero-order valence-electron chi connectivity index (χ0n) is 27.7. The molecule has 0 bridgehead atoms. The van der Waals surface area contributed by atoms with Gasteiger partial charge >= 0.3 is 0 Å². The molecule has 0 saturated carbocycles. The van der Waals surface area contributed by atoms with E-state index in [0.29, 0.717) is 0 Å². The quantitative estimate of drug-likeness (QED) is 0.186. The molecular weight excluding hydrogens is 619 g/mol. The van der Waals surface area contributed by atoms with E-state index in [0.717, 1.165) is 56.2 Å². The van der Waals surface area contributed by atoms with Crippen LogP contribution in [0.15, 0.2) is 188 Å². The summed E-state index contributed by atoms with van der Waals surface area (Å²) in [5.74, 6) is 0.921. The number of hydrogen-bond donors (Lipinski definition) is 0. The third-order valence-electron chi connectivity index (χ3n) is 9.94. The van der Waals surface area contributed by atoms with Crippen LogP contribution < -0.4 is 0 Å². The minimum absolute atomic E-state index is 0.921. The molecule has 3 heteroatoms. The summed E-state index contributed by atoms with van der Waals surface area (Å²) in [6.45, 7) is 0. The van der Waals surface area contributed by atoms with Crippen molar-refractivity contribution in [3.05, 3.63) is 188 Å². The molecule has 51 heavy (non-hydrogen) atoms. The Bertz CT molecular complexity index is 2820. The largest absolute Gasteiger partial charge is 0.292 e. The Morgan fingerprint density at radius 2 is 0.784 bits per heavy atom. The number of rotatable bonds is 5. The molecular formula is C48H31N3. The molecule has 0 saturated heterocycles. The number of benzene rings is 8. The molecule has 3 nitrogen and oxygen atoms in total. The molecule has 0 amide bonds. The van der Waals surface area contributed by atoms with E-state index in [1.165, 1.54) is 37.9 Å². The molecule has 0 unspecified atom stereocenters. The van der Waals surface area contributed by atoms with Crippen LogP contribution in [0.4, 0.5) is 0 Å². The van der Waals surface area contributed by atoms with Gasteiger partial charge in [0.1, 0.15) is 5.82 Å². The summed E-state index contributed by atoms with van der Waals surface area (Å²) in [5, 5.41) is 7.29. The molecule has 0 aliphatic carbocycles. The summed E-state index contributed by atoms with van der Waals surface area (Å²) in [6, 6.07) is 66.9. The van der Waals surface area contributed by atoms with Gasteiger partial charge in [0.15, 0.2) is 0 Å². The van der Waals surface area contributed by atoms with Gasteiger partial charge in [-0.15, -0.1) is 0 Å². The van der Waals surface area contributed by atoms with Gasteiger partial charge in [-0.3, -0.25) is 4.57 Å². The molecule has 2 aromatic heterocycles. The Kier molecular flexibility index (Phi) is 6.81. The second kappa shape index (κ2) is 11.9. The van der Waals surface area contributed by atoms with E-state index in [9.17, 15) is 0 Å². The highest BCUT2D eigenvalue weighted by atomic mass is 15.1. The van der Waals surface area contributed by atoms with E-state index in [4.69, 9.17) is 9.97 Å². The molecule has 238 valence electrons. The minimum atomic E-state index is 0.921. The van der Waals surface area contributed by atoms with Gasteiger partial charge in [-0.2, -0.15) is 0 Å². The molecule has 0 spiro atoms. The van der Waals surface area contributed by atoms with Crippen LogP contribution in [0.3, 0.4) is 0 Å². The lowest BCUT2D eigenvalue weighted by Gasteiger charge is -2.13. The van der Waals surface area contributed by atoms with E-state index in [1.54, 1.807) is 0 Å². The second-order valence-electron chi connectivity index (χ2n) is 13.1. The van der Waals surface area contributed by atoms with Crippen LogP contribution in [-0.4, -0.2) is 14.5 Å². The van der Waals surface area contributed by atoms with Crippen molar-refractivity contribution >= 4 is 43.4 Å². The second-order valence-corrected chi connectivity index (χ2v) is 13.1. The molecule has 8 aromatic carbocycles. The van der Waals surface area contributed by atoms with Crippen molar-refractivity contribution in [3.63, 3.8) is 0 Å². The first-order valence-electron chi connectivity index (χ1n) is 17.3. The summed E-state index contributed by atoms with van der Waals surface area (Å²) >= 11 is 0. The highest BCUT2D eigenvalue weighted by Gasteiger charge is 2.16.